The molecule has 0 unspecified atom stereocenters. The van der Waals surface area contributed by atoms with Crippen molar-refractivity contribution in [2.45, 2.75) is 25.7 Å². The Morgan fingerprint density at radius 3 is 2.70 bits per heavy atom. The number of hydrogen-bond acceptors (Lipinski definition) is 4. The molecule has 1 aliphatic rings. The number of amides is 2. The van der Waals surface area contributed by atoms with Crippen LogP contribution in [-0.4, -0.2) is 32.1 Å². The first-order chi connectivity index (χ1) is 9.56. The molecule has 0 spiro atoms. The molecule has 0 aromatic carbocycles. The zero-order valence-corrected chi connectivity index (χ0v) is 11.6. The van der Waals surface area contributed by atoms with Crippen LogP contribution in [0.3, 0.4) is 0 Å². The second-order valence-electron chi connectivity index (χ2n) is 5.39. The normalized spacial score (nSPS) is 17.1. The Kier molecular flexibility index (Phi) is 4.44. The molecule has 1 heterocycles. The van der Waals surface area contributed by atoms with E-state index in [4.69, 9.17) is 14.9 Å². The van der Waals surface area contributed by atoms with Crippen molar-refractivity contribution < 1.29 is 18.7 Å². The van der Waals surface area contributed by atoms with E-state index >= 15 is 0 Å². The molecule has 110 valence electrons. The molecule has 1 fully saturated rings. The van der Waals surface area contributed by atoms with Gasteiger partial charge in [-0.2, -0.15) is 0 Å². The van der Waals surface area contributed by atoms with Crippen molar-refractivity contribution in [1.82, 2.24) is 5.32 Å². The summed E-state index contributed by atoms with van der Waals surface area (Å²) in [6, 6.07) is 1.36. The predicted molar refractivity (Wildman–Crippen MR) is 72.3 cm³/mol. The standard InChI is InChI=1S/C14H20N2O4/c1-19-9-14(4-2-3-5-14)8-16-13(18)10-6-11(12(15)17)20-7-10/h6-7H,2-5,8-9H2,1H3,(H2,15,17)(H,16,18). The van der Waals surface area contributed by atoms with E-state index in [1.807, 2.05) is 0 Å². The number of nitrogens with two attached hydrogens (primary N) is 1. The highest BCUT2D eigenvalue weighted by molar-refractivity contribution is 5.97. The number of furan rings is 1. The van der Waals surface area contributed by atoms with Gasteiger partial charge in [-0.15, -0.1) is 0 Å². The van der Waals surface area contributed by atoms with Gasteiger partial charge in [-0.05, 0) is 12.8 Å². The van der Waals surface area contributed by atoms with E-state index in [1.54, 1.807) is 7.11 Å². The minimum atomic E-state index is -0.685. The molecule has 0 radical (unpaired) electrons. The quantitative estimate of drug-likeness (QED) is 0.821. The van der Waals surface area contributed by atoms with Crippen LogP contribution in [0, 0.1) is 5.41 Å². The Bertz CT molecular complexity index is 489. The molecule has 0 aliphatic heterocycles. The number of hydrogen-bond donors (Lipinski definition) is 2. The van der Waals surface area contributed by atoms with Crippen molar-refractivity contribution in [3.8, 4) is 0 Å². The van der Waals surface area contributed by atoms with Gasteiger partial charge in [-0.1, -0.05) is 12.8 Å². The fourth-order valence-electron chi connectivity index (χ4n) is 2.76. The van der Waals surface area contributed by atoms with Gasteiger partial charge in [0.1, 0.15) is 6.26 Å². The van der Waals surface area contributed by atoms with Gasteiger partial charge < -0.3 is 20.2 Å². The van der Waals surface area contributed by atoms with Gasteiger partial charge in [0.2, 0.25) is 0 Å². The third-order valence-electron chi connectivity index (χ3n) is 3.84. The smallest absolute Gasteiger partial charge is 0.284 e. The van der Waals surface area contributed by atoms with Crippen LogP contribution >= 0.6 is 0 Å². The zero-order valence-electron chi connectivity index (χ0n) is 11.6. The summed E-state index contributed by atoms with van der Waals surface area (Å²) in [6.45, 7) is 1.21. The lowest BCUT2D eigenvalue weighted by molar-refractivity contribution is 0.0740. The lowest BCUT2D eigenvalue weighted by atomic mass is 9.87. The highest BCUT2D eigenvalue weighted by Crippen LogP contribution is 2.37. The summed E-state index contributed by atoms with van der Waals surface area (Å²) in [4.78, 5) is 22.9. The maximum atomic E-state index is 12.0. The lowest BCUT2D eigenvalue weighted by Gasteiger charge is -2.28. The Morgan fingerprint density at radius 2 is 2.15 bits per heavy atom. The molecule has 1 aliphatic carbocycles. The second kappa shape index (κ2) is 6.09. The van der Waals surface area contributed by atoms with E-state index in [0.29, 0.717) is 18.7 Å². The van der Waals surface area contributed by atoms with Crippen LogP contribution in [0.4, 0.5) is 0 Å². The largest absolute Gasteiger partial charge is 0.458 e. The van der Waals surface area contributed by atoms with Crippen LogP contribution < -0.4 is 11.1 Å². The van der Waals surface area contributed by atoms with Crippen LogP contribution in [0.2, 0.25) is 0 Å². The van der Waals surface area contributed by atoms with Gasteiger partial charge in [0.15, 0.2) is 5.76 Å². The molecule has 1 aromatic rings. The van der Waals surface area contributed by atoms with Crippen molar-refractivity contribution in [2.24, 2.45) is 11.1 Å². The topological polar surface area (TPSA) is 94.6 Å². The van der Waals surface area contributed by atoms with Crippen LogP contribution in [-0.2, 0) is 4.74 Å². The van der Waals surface area contributed by atoms with Gasteiger partial charge in [0, 0.05) is 25.1 Å². The van der Waals surface area contributed by atoms with Crippen LogP contribution in [0.25, 0.3) is 0 Å². The summed E-state index contributed by atoms with van der Waals surface area (Å²) in [5.74, 6) is -0.957. The Morgan fingerprint density at radius 1 is 1.45 bits per heavy atom. The average Bonchev–Trinajstić information content (AvgIpc) is 3.06. The number of carbonyl (C=O) groups excluding carboxylic acids is 2. The van der Waals surface area contributed by atoms with Gasteiger partial charge in [0.25, 0.3) is 11.8 Å². The molecule has 6 nitrogen and oxygen atoms in total. The van der Waals surface area contributed by atoms with Crippen molar-refractivity contribution in [2.75, 3.05) is 20.3 Å². The monoisotopic (exact) mass is 280 g/mol. The molecule has 0 saturated heterocycles. The van der Waals surface area contributed by atoms with E-state index in [-0.39, 0.29) is 17.1 Å². The minimum absolute atomic E-state index is 0.0115. The summed E-state index contributed by atoms with van der Waals surface area (Å²) in [6.07, 6.45) is 5.68. The number of rotatable bonds is 6. The number of methoxy groups -OCH3 is 1. The van der Waals surface area contributed by atoms with E-state index < -0.39 is 5.91 Å². The first-order valence-corrected chi connectivity index (χ1v) is 6.72. The number of nitrogens with one attached hydrogen (secondary N) is 1. The van der Waals surface area contributed by atoms with Gasteiger partial charge >= 0.3 is 0 Å². The maximum absolute atomic E-state index is 12.0. The number of primary amides is 1. The highest BCUT2D eigenvalue weighted by atomic mass is 16.5. The van der Waals surface area contributed by atoms with E-state index in [2.05, 4.69) is 5.32 Å². The first-order valence-electron chi connectivity index (χ1n) is 6.72. The summed E-state index contributed by atoms with van der Waals surface area (Å²) < 4.78 is 10.2. The molecular formula is C14H20N2O4. The van der Waals surface area contributed by atoms with Crippen LogP contribution in [0.5, 0.6) is 0 Å². The minimum Gasteiger partial charge on any atom is -0.458 e. The number of carbonyl (C=O) groups is 2. The van der Waals surface area contributed by atoms with Crippen LogP contribution in [0.1, 0.15) is 46.6 Å². The molecule has 1 aromatic heterocycles. The van der Waals surface area contributed by atoms with Crippen molar-refractivity contribution in [3.63, 3.8) is 0 Å². The summed E-state index contributed by atoms with van der Waals surface area (Å²) in [7, 11) is 1.68. The maximum Gasteiger partial charge on any atom is 0.284 e. The third-order valence-corrected chi connectivity index (χ3v) is 3.84. The molecule has 0 atom stereocenters. The Labute approximate surface area is 117 Å². The SMILES string of the molecule is COCC1(CNC(=O)c2coc(C(N)=O)c2)CCCC1. The number of ether oxygens (including phenoxy) is 1. The average molecular weight is 280 g/mol. The fraction of sp³-hybridized carbons (Fsp3) is 0.571. The summed E-state index contributed by atoms with van der Waals surface area (Å²) >= 11 is 0. The van der Waals surface area contributed by atoms with Crippen molar-refractivity contribution in [3.05, 3.63) is 23.7 Å². The Balaban J connectivity index is 1.95. The summed E-state index contributed by atoms with van der Waals surface area (Å²) in [5.41, 5.74) is 5.42. The Hall–Kier alpha value is -1.82. The molecule has 3 N–H and O–H groups in total. The summed E-state index contributed by atoms with van der Waals surface area (Å²) in [5, 5.41) is 2.89. The predicted octanol–water partition coefficient (Wildman–Crippen LogP) is 1.32. The molecular weight excluding hydrogens is 260 g/mol. The molecule has 0 bridgehead atoms. The van der Waals surface area contributed by atoms with Crippen molar-refractivity contribution >= 4 is 11.8 Å². The fourth-order valence-corrected chi connectivity index (χ4v) is 2.76. The first kappa shape index (κ1) is 14.6. The zero-order chi connectivity index (χ0) is 14.6. The van der Waals surface area contributed by atoms with Gasteiger partial charge in [-0.3, -0.25) is 9.59 Å². The van der Waals surface area contributed by atoms with E-state index in [0.717, 1.165) is 25.7 Å². The third kappa shape index (κ3) is 3.19. The highest BCUT2D eigenvalue weighted by Gasteiger charge is 2.34. The lowest BCUT2D eigenvalue weighted by Crippen LogP contribution is -2.38. The molecule has 6 heteroatoms. The molecule has 2 amide bonds. The molecule has 2 rings (SSSR count). The molecule has 1 saturated carbocycles. The van der Waals surface area contributed by atoms with Gasteiger partial charge in [-0.25, -0.2) is 0 Å². The van der Waals surface area contributed by atoms with E-state index in [1.165, 1.54) is 12.3 Å². The second-order valence-corrected chi connectivity index (χ2v) is 5.39. The van der Waals surface area contributed by atoms with Gasteiger partial charge in [0.05, 0.1) is 12.2 Å². The van der Waals surface area contributed by atoms with Crippen molar-refractivity contribution in [1.29, 1.82) is 0 Å². The molecule has 20 heavy (non-hydrogen) atoms. The van der Waals surface area contributed by atoms with Crippen LogP contribution in [0.15, 0.2) is 16.7 Å². The van der Waals surface area contributed by atoms with E-state index in [9.17, 15) is 9.59 Å².